The molecule has 11 nitrogen and oxygen atoms in total. The van der Waals surface area contributed by atoms with Crippen molar-refractivity contribution in [3.8, 4) is 17.1 Å². The molecule has 18 heteroatoms. The third-order valence-corrected chi connectivity index (χ3v) is 6.54. The normalized spacial score (nSPS) is 19.7. The molecular weight excluding hydrogens is 571 g/mol. The number of halogens is 7. The molecule has 1 fully saturated rings. The number of ether oxygens (including phenoxy) is 1. The van der Waals surface area contributed by atoms with Crippen molar-refractivity contribution < 1.29 is 51.5 Å². The van der Waals surface area contributed by atoms with Crippen molar-refractivity contribution in [2.75, 3.05) is 25.9 Å². The van der Waals surface area contributed by atoms with E-state index in [2.05, 4.69) is 20.4 Å². The van der Waals surface area contributed by atoms with E-state index in [1.165, 1.54) is 6.92 Å². The fourth-order valence-corrected chi connectivity index (χ4v) is 4.33. The van der Waals surface area contributed by atoms with Crippen LogP contribution in [0.1, 0.15) is 29.9 Å². The minimum atomic E-state index is -5.35. The molecule has 1 aliphatic rings. The smallest absolute Gasteiger partial charge is 0.426 e. The lowest BCUT2D eigenvalue weighted by atomic mass is 10.1. The summed E-state index contributed by atoms with van der Waals surface area (Å²) in [4.78, 5) is 33.6. The highest BCUT2D eigenvalue weighted by molar-refractivity contribution is 5.98. The average molecular weight is 594 g/mol. The van der Waals surface area contributed by atoms with Crippen molar-refractivity contribution in [1.29, 1.82) is 0 Å². The highest BCUT2D eigenvalue weighted by Gasteiger charge is 2.58. The van der Waals surface area contributed by atoms with Crippen LogP contribution in [0.25, 0.3) is 16.8 Å². The Bertz CT molecular complexity index is 1540. The number of nitrogens with zero attached hydrogens (tertiary/aromatic N) is 5. The second-order valence-corrected chi connectivity index (χ2v) is 9.34. The molecule has 0 unspecified atom stereocenters. The summed E-state index contributed by atoms with van der Waals surface area (Å²) in [7, 11) is -0.744. The third-order valence-electron chi connectivity index (χ3n) is 6.54. The van der Waals surface area contributed by atoms with Crippen molar-refractivity contribution in [1.82, 2.24) is 29.8 Å². The van der Waals surface area contributed by atoms with Gasteiger partial charge < -0.3 is 25.8 Å². The zero-order valence-electron chi connectivity index (χ0n) is 22.1. The maximum absolute atomic E-state index is 14.8. The number of aryl methyl sites for hydroxylation is 1. The van der Waals surface area contributed by atoms with Crippen LogP contribution < -0.4 is 15.8 Å². The van der Waals surface area contributed by atoms with E-state index in [0.717, 1.165) is 16.9 Å². The zero-order chi connectivity index (χ0) is 31.4. The minimum Gasteiger partial charge on any atom is -0.480 e. The number of nitrogen functional groups attached to an aromatic ring is 1. The van der Waals surface area contributed by atoms with Crippen molar-refractivity contribution in [2.45, 2.75) is 44.0 Å². The molecule has 0 saturated carbocycles. The molecular formula is C23H22F7N7O4. The molecule has 0 bridgehead atoms. The van der Waals surface area contributed by atoms with Gasteiger partial charge in [-0.1, -0.05) is 0 Å². The first kappa shape index (κ1) is 28.3. The number of methoxy groups -OCH3 is 1. The van der Waals surface area contributed by atoms with E-state index in [1.54, 1.807) is 0 Å². The van der Waals surface area contributed by atoms with Gasteiger partial charge in [-0.25, -0.2) is 18.9 Å². The van der Waals surface area contributed by atoms with Crippen molar-refractivity contribution >= 4 is 23.1 Å². The molecule has 0 spiro atoms. The summed E-state index contributed by atoms with van der Waals surface area (Å²) >= 11 is 0. The van der Waals surface area contributed by atoms with Gasteiger partial charge in [-0.2, -0.15) is 31.4 Å². The highest BCUT2D eigenvalue weighted by Crippen LogP contribution is 2.40. The fraction of sp³-hybridized carbons (Fsp3) is 0.435. The summed E-state index contributed by atoms with van der Waals surface area (Å²) in [5.41, 5.74) is -0.582. The molecule has 4 heterocycles. The van der Waals surface area contributed by atoms with E-state index < -0.39 is 90.5 Å². The van der Waals surface area contributed by atoms with Crippen LogP contribution in [0.3, 0.4) is 0 Å². The van der Waals surface area contributed by atoms with Crippen LogP contribution in [0.2, 0.25) is 0 Å². The van der Waals surface area contributed by atoms with Gasteiger partial charge >= 0.3 is 12.4 Å². The number of anilines is 1. The van der Waals surface area contributed by atoms with Crippen LogP contribution in [0.5, 0.6) is 5.88 Å². The number of likely N-dealkylation sites (tertiary alicyclic amines) is 1. The summed E-state index contributed by atoms with van der Waals surface area (Å²) in [6.07, 6.45) is -11.4. The lowest BCUT2D eigenvalue weighted by Crippen LogP contribution is -2.56. The molecule has 41 heavy (non-hydrogen) atoms. The minimum absolute atomic E-state index is 0.0377. The van der Waals surface area contributed by atoms with E-state index in [4.69, 9.17) is 11.8 Å². The van der Waals surface area contributed by atoms with E-state index in [-0.39, 0.29) is 23.9 Å². The highest BCUT2D eigenvalue weighted by atomic mass is 19.4. The Labute approximate surface area is 227 Å². The zero-order valence-corrected chi connectivity index (χ0v) is 21.1. The number of amides is 2. The summed E-state index contributed by atoms with van der Waals surface area (Å²) in [5, 5.41) is 15.7. The Morgan fingerprint density at radius 1 is 1.22 bits per heavy atom. The van der Waals surface area contributed by atoms with Crippen LogP contribution in [0, 0.1) is 6.92 Å². The number of pyridine rings is 1. The number of alkyl halides is 7. The molecule has 2 amide bonds. The topological polar surface area (TPSA) is 148 Å². The molecule has 1 saturated heterocycles. The first-order chi connectivity index (χ1) is 19.4. The molecule has 222 valence electrons. The lowest BCUT2D eigenvalue weighted by molar-refractivity contribution is -0.249. The summed E-state index contributed by atoms with van der Waals surface area (Å²) < 4.78 is 109. The van der Waals surface area contributed by atoms with Gasteiger partial charge in [-0.05, 0) is 26.0 Å². The number of rotatable bonds is 5. The van der Waals surface area contributed by atoms with Gasteiger partial charge in [-0.3, -0.25) is 9.59 Å². The Balaban J connectivity index is 1.71. The summed E-state index contributed by atoms with van der Waals surface area (Å²) in [6, 6.07) is 0.224. The first-order valence-corrected chi connectivity index (χ1v) is 11.5. The third kappa shape index (κ3) is 5.18. The molecule has 1 aliphatic heterocycles. The van der Waals surface area contributed by atoms with Gasteiger partial charge in [0.1, 0.15) is 23.6 Å². The molecule has 0 aromatic carbocycles. The number of aromatic nitrogens is 4. The Morgan fingerprint density at radius 3 is 2.51 bits per heavy atom. The van der Waals surface area contributed by atoms with Gasteiger partial charge in [0, 0.05) is 12.1 Å². The number of nitrogens with one attached hydrogen (secondary N) is 1. The van der Waals surface area contributed by atoms with Crippen LogP contribution in [-0.4, -0.2) is 85.6 Å². The van der Waals surface area contributed by atoms with E-state index in [1.807, 2.05) is 0 Å². The predicted molar refractivity (Wildman–Crippen MR) is 126 cm³/mol. The number of hydrogen-bond donors (Lipinski definition) is 3. The first-order valence-electron chi connectivity index (χ1n) is 12.3. The van der Waals surface area contributed by atoms with E-state index in [9.17, 15) is 45.4 Å². The van der Waals surface area contributed by atoms with Gasteiger partial charge in [0.25, 0.3) is 11.8 Å². The maximum Gasteiger partial charge on any atom is 0.426 e. The fourth-order valence-electron chi connectivity index (χ4n) is 4.33. The second kappa shape index (κ2) is 10.0. The Morgan fingerprint density at radius 2 is 1.90 bits per heavy atom. The van der Waals surface area contributed by atoms with Gasteiger partial charge in [0.2, 0.25) is 11.5 Å². The number of aliphatic hydroxyl groups is 1. The van der Waals surface area contributed by atoms with E-state index >= 15 is 0 Å². The number of nitrogens with two attached hydrogens (primary N) is 1. The monoisotopic (exact) mass is 594 g/mol. The molecule has 0 aliphatic carbocycles. The van der Waals surface area contributed by atoms with Crippen LogP contribution >= 0.6 is 0 Å². The Kier molecular flexibility index (Phi) is 6.91. The van der Waals surface area contributed by atoms with Crippen molar-refractivity contribution in [3.05, 3.63) is 35.3 Å². The molecule has 3 aromatic heterocycles. The number of carbonyl (C=O) groups is 2. The van der Waals surface area contributed by atoms with Crippen molar-refractivity contribution in [3.63, 3.8) is 0 Å². The molecule has 0 radical (unpaired) electrons. The lowest BCUT2D eigenvalue weighted by Gasteiger charge is -2.29. The predicted octanol–water partition coefficient (Wildman–Crippen LogP) is 2.30. The molecule has 3 atom stereocenters. The van der Waals surface area contributed by atoms with E-state index in [0.29, 0.717) is 11.0 Å². The Hall–Kier alpha value is -4.22. The largest absolute Gasteiger partial charge is 0.480 e. The van der Waals surface area contributed by atoms with Crippen molar-refractivity contribution in [2.24, 2.45) is 0 Å². The van der Waals surface area contributed by atoms with Gasteiger partial charge in [0.15, 0.2) is 5.82 Å². The standard InChI is InChI=1S/C23H22F7N7O4/c1-9-10(15-5-12(22(25,26)27)16-17(31)32-8-33-37(15)16)4-11(19(34-9)41-3)18(38)35-14-7-36(6-13(14)24)20(39)21(2,40)23(28,29)30/h4-5,8,13-14,40H,6-7H2,1-3H3,(H,35,38)(H2,31,32,33)/t13-,14+,21+/m0/s1/i3D. The van der Waals surface area contributed by atoms with Crippen LogP contribution in [-0.2, 0) is 11.0 Å². The second-order valence-electron chi connectivity index (χ2n) is 9.34. The SMILES string of the molecule is [2H]COc1nc(C)c(-c2cc(C(F)(F)F)c3c(N)ncnn23)cc1C(=O)N[C@@H]1CN(C(=O)[C@@](C)(O)C(F)(F)F)C[C@@H]1F. The number of carbonyl (C=O) groups excluding carboxylic acids is 2. The number of fused-ring (bicyclic) bond motifs is 1. The maximum atomic E-state index is 14.8. The summed E-state index contributed by atoms with van der Waals surface area (Å²) in [5.74, 6) is -3.88. The van der Waals surface area contributed by atoms with Gasteiger partial charge in [-0.15, -0.1) is 0 Å². The molecule has 4 N–H and O–H groups in total. The number of hydrogen-bond acceptors (Lipinski definition) is 8. The molecule has 4 rings (SSSR count). The average Bonchev–Trinajstić information content (AvgIpc) is 3.45. The van der Waals surface area contributed by atoms with Crippen LogP contribution in [0.4, 0.5) is 36.6 Å². The summed E-state index contributed by atoms with van der Waals surface area (Å²) in [6.45, 7) is -0.0314. The quantitative estimate of drug-likeness (QED) is 0.382. The van der Waals surface area contributed by atoms with Crippen LogP contribution in [0.15, 0.2) is 18.5 Å². The molecule has 3 aromatic rings. The van der Waals surface area contributed by atoms with Gasteiger partial charge in [0.05, 0.1) is 38.0 Å².